The number of benzene rings is 4. The van der Waals surface area contributed by atoms with E-state index in [0.29, 0.717) is 28.1 Å². The van der Waals surface area contributed by atoms with E-state index in [0.717, 1.165) is 14.9 Å². The molecule has 4 aromatic rings. The molecule has 1 aliphatic rings. The highest BCUT2D eigenvalue weighted by molar-refractivity contribution is 9.10. The molecule has 9 heteroatoms. The van der Waals surface area contributed by atoms with Gasteiger partial charge >= 0.3 is 0 Å². The van der Waals surface area contributed by atoms with Gasteiger partial charge in [0.2, 0.25) is 0 Å². The molecule has 1 aliphatic heterocycles. The number of amides is 4. The Balaban J connectivity index is 1.26. The molecule has 5 rings (SSSR count). The maximum Gasteiger partial charge on any atom is 0.272 e. The number of anilines is 1. The fourth-order valence-corrected chi connectivity index (χ4v) is 5.58. The Hall–Kier alpha value is -4.47. The predicted octanol–water partition coefficient (Wildman–Crippen LogP) is 6.25. The fraction of sp³-hybridized carbons (Fsp3) is 0.0625. The molecular weight excluding hydrogens is 602 g/mol. The van der Waals surface area contributed by atoms with Gasteiger partial charge in [0.05, 0.1) is 11.1 Å². The normalized spacial score (nSPS) is 12.7. The summed E-state index contributed by atoms with van der Waals surface area (Å²) in [6.07, 6.45) is 1.61. The predicted molar refractivity (Wildman–Crippen MR) is 164 cm³/mol. The van der Waals surface area contributed by atoms with Crippen LogP contribution in [0.4, 0.5) is 5.69 Å². The molecule has 41 heavy (non-hydrogen) atoms. The van der Waals surface area contributed by atoms with Crippen LogP contribution in [0.2, 0.25) is 0 Å². The summed E-state index contributed by atoms with van der Waals surface area (Å²) in [7, 11) is 0. The molecule has 0 aromatic heterocycles. The zero-order valence-corrected chi connectivity index (χ0v) is 24.1. The van der Waals surface area contributed by atoms with Crippen molar-refractivity contribution in [1.82, 2.24) is 10.2 Å². The van der Waals surface area contributed by atoms with Crippen molar-refractivity contribution in [3.63, 3.8) is 0 Å². The number of nitrogens with one attached hydrogen (secondary N) is 2. The highest BCUT2D eigenvalue weighted by atomic mass is 79.9. The van der Waals surface area contributed by atoms with Crippen LogP contribution in [-0.4, -0.2) is 40.8 Å². The van der Waals surface area contributed by atoms with E-state index in [1.807, 2.05) is 36.4 Å². The average Bonchev–Trinajstić information content (AvgIpc) is 3.22. The summed E-state index contributed by atoms with van der Waals surface area (Å²) in [5, 5.41) is 5.60. The number of carbonyl (C=O) groups is 4. The Bertz CT molecular complexity index is 1640. The van der Waals surface area contributed by atoms with Crippen molar-refractivity contribution in [2.24, 2.45) is 0 Å². The monoisotopic (exact) mass is 625 g/mol. The first kappa shape index (κ1) is 28.1. The number of rotatable bonds is 9. The number of nitrogens with zero attached hydrogens (tertiary/aromatic N) is 1. The van der Waals surface area contributed by atoms with E-state index in [9.17, 15) is 19.2 Å². The van der Waals surface area contributed by atoms with E-state index in [4.69, 9.17) is 0 Å². The molecule has 4 amide bonds. The first-order chi connectivity index (χ1) is 19.9. The van der Waals surface area contributed by atoms with Gasteiger partial charge in [0.1, 0.15) is 5.70 Å². The largest absolute Gasteiger partial charge is 0.321 e. The Kier molecular flexibility index (Phi) is 8.76. The van der Waals surface area contributed by atoms with Gasteiger partial charge in [-0.3, -0.25) is 24.1 Å². The second-order valence-electron chi connectivity index (χ2n) is 9.07. The average molecular weight is 627 g/mol. The fourth-order valence-electron chi connectivity index (χ4n) is 4.26. The molecule has 2 N–H and O–H groups in total. The molecule has 0 bridgehead atoms. The second kappa shape index (κ2) is 12.8. The van der Waals surface area contributed by atoms with Crippen LogP contribution in [0.25, 0.3) is 6.08 Å². The van der Waals surface area contributed by atoms with Crippen LogP contribution in [0, 0.1) is 0 Å². The topological polar surface area (TPSA) is 95.6 Å². The molecule has 4 aromatic carbocycles. The molecule has 204 valence electrons. The van der Waals surface area contributed by atoms with Crippen LogP contribution in [0.1, 0.15) is 36.6 Å². The lowest BCUT2D eigenvalue weighted by atomic mass is 10.1. The summed E-state index contributed by atoms with van der Waals surface area (Å²) in [5.74, 6) is -0.963. The summed E-state index contributed by atoms with van der Waals surface area (Å²) in [4.78, 5) is 53.6. The highest BCUT2D eigenvalue weighted by Crippen LogP contribution is 2.26. The van der Waals surface area contributed by atoms with Crippen molar-refractivity contribution in [3.8, 4) is 0 Å². The van der Waals surface area contributed by atoms with Crippen molar-refractivity contribution >= 4 is 63.1 Å². The van der Waals surface area contributed by atoms with Crippen LogP contribution < -0.4 is 10.6 Å². The zero-order chi connectivity index (χ0) is 28.8. The number of fused-ring (bicyclic) bond motifs is 1. The number of imide groups is 1. The van der Waals surface area contributed by atoms with Gasteiger partial charge in [-0.25, -0.2) is 0 Å². The van der Waals surface area contributed by atoms with Gasteiger partial charge in [0.15, 0.2) is 0 Å². The van der Waals surface area contributed by atoms with Crippen LogP contribution >= 0.6 is 27.7 Å². The number of hydrogen-bond acceptors (Lipinski definition) is 5. The summed E-state index contributed by atoms with van der Waals surface area (Å²) in [6.45, 7) is 0.263. The Morgan fingerprint density at radius 1 is 0.805 bits per heavy atom. The van der Waals surface area contributed by atoms with Crippen molar-refractivity contribution in [2.45, 2.75) is 4.90 Å². The molecule has 0 atom stereocenters. The van der Waals surface area contributed by atoms with Gasteiger partial charge in [0.25, 0.3) is 23.6 Å². The Labute approximate surface area is 249 Å². The molecule has 1 heterocycles. The van der Waals surface area contributed by atoms with Crippen LogP contribution in [-0.2, 0) is 4.79 Å². The molecule has 0 fully saturated rings. The lowest BCUT2D eigenvalue weighted by molar-refractivity contribution is -0.113. The quantitative estimate of drug-likeness (QED) is 0.130. The van der Waals surface area contributed by atoms with Crippen LogP contribution in [0.5, 0.6) is 0 Å². The molecule has 7 nitrogen and oxygen atoms in total. The van der Waals surface area contributed by atoms with Crippen LogP contribution in [0.15, 0.2) is 118 Å². The minimum absolute atomic E-state index is 0.0839. The molecule has 0 saturated carbocycles. The molecule has 0 aliphatic carbocycles. The van der Waals surface area contributed by atoms with Crippen molar-refractivity contribution in [3.05, 3.63) is 136 Å². The van der Waals surface area contributed by atoms with E-state index in [1.165, 1.54) is 16.7 Å². The summed E-state index contributed by atoms with van der Waals surface area (Å²) < 4.78 is 0.839. The maximum absolute atomic E-state index is 13.4. The Morgan fingerprint density at radius 2 is 1.49 bits per heavy atom. The third-order valence-electron chi connectivity index (χ3n) is 6.24. The molecule has 0 saturated heterocycles. The van der Waals surface area contributed by atoms with Crippen molar-refractivity contribution in [1.29, 1.82) is 0 Å². The van der Waals surface area contributed by atoms with Crippen molar-refractivity contribution < 1.29 is 19.2 Å². The van der Waals surface area contributed by atoms with Gasteiger partial charge in [-0.2, -0.15) is 0 Å². The smallest absolute Gasteiger partial charge is 0.272 e. The maximum atomic E-state index is 13.4. The third-order valence-corrected chi connectivity index (χ3v) is 7.71. The molecule has 0 spiro atoms. The van der Waals surface area contributed by atoms with Gasteiger partial charge in [-0.05, 0) is 66.2 Å². The van der Waals surface area contributed by atoms with Gasteiger partial charge < -0.3 is 10.6 Å². The number of thioether (sulfide) groups is 1. The second-order valence-corrected chi connectivity index (χ2v) is 11.2. The molecule has 0 unspecified atom stereocenters. The SMILES string of the molecule is O=C(Nc1cccc(SCCN2C(=O)c3ccccc3C2=O)c1)/C(=C\c1cccc(Br)c1)NC(=O)c1ccccc1. The number of carbonyl (C=O) groups excluding carboxylic acids is 4. The van der Waals surface area contributed by atoms with Crippen molar-refractivity contribution in [2.75, 3.05) is 17.6 Å². The lowest BCUT2D eigenvalue weighted by Crippen LogP contribution is -2.31. The number of halogens is 1. The summed E-state index contributed by atoms with van der Waals surface area (Å²) in [6, 6.07) is 30.1. The third kappa shape index (κ3) is 6.82. The van der Waals surface area contributed by atoms with Gasteiger partial charge in [0, 0.05) is 32.9 Å². The van der Waals surface area contributed by atoms with E-state index < -0.39 is 11.8 Å². The summed E-state index contributed by atoms with van der Waals surface area (Å²) >= 11 is 4.90. The lowest BCUT2D eigenvalue weighted by Gasteiger charge is -2.14. The van der Waals surface area contributed by atoms with Crippen LogP contribution in [0.3, 0.4) is 0 Å². The van der Waals surface area contributed by atoms with E-state index >= 15 is 0 Å². The summed E-state index contributed by atoms with van der Waals surface area (Å²) in [5.41, 5.74) is 2.64. The first-order valence-electron chi connectivity index (χ1n) is 12.7. The van der Waals surface area contributed by atoms with Gasteiger partial charge in [-0.15, -0.1) is 11.8 Å². The van der Waals surface area contributed by atoms with E-state index in [-0.39, 0.29) is 24.1 Å². The highest BCUT2D eigenvalue weighted by Gasteiger charge is 2.34. The molecular formula is C32H24BrN3O4S. The van der Waals surface area contributed by atoms with E-state index in [1.54, 1.807) is 72.8 Å². The first-order valence-corrected chi connectivity index (χ1v) is 14.5. The zero-order valence-electron chi connectivity index (χ0n) is 21.7. The van der Waals surface area contributed by atoms with E-state index in [2.05, 4.69) is 26.6 Å². The van der Waals surface area contributed by atoms with Gasteiger partial charge in [-0.1, -0.05) is 64.5 Å². The number of hydrogen-bond donors (Lipinski definition) is 2. The minimum atomic E-state index is -0.484. The standard InChI is InChI=1S/C32H24BrN3O4S/c33-23-11-6-8-21(18-23)19-28(35-29(37)22-9-2-1-3-10-22)30(38)34-24-12-7-13-25(20-24)41-17-16-36-31(39)26-14-4-5-15-27(26)32(36)40/h1-15,18-20H,16-17H2,(H,34,38)(H,35,37)/b28-19+. The molecule has 0 radical (unpaired) electrons. The Morgan fingerprint density at radius 3 is 2.20 bits per heavy atom. The minimum Gasteiger partial charge on any atom is -0.321 e.